The number of halogens is 2. The number of rotatable bonds is 7. The van der Waals surface area contributed by atoms with Crippen LogP contribution in [0.3, 0.4) is 0 Å². The largest absolute Gasteiger partial charge is 0.326 e. The van der Waals surface area contributed by atoms with E-state index in [1.165, 1.54) is 4.90 Å². The Kier molecular flexibility index (Phi) is 5.89. The van der Waals surface area contributed by atoms with Crippen LogP contribution in [0.4, 0.5) is 5.69 Å². The Morgan fingerprint density at radius 3 is 1.65 bits per heavy atom. The molecule has 1 aliphatic heterocycles. The van der Waals surface area contributed by atoms with Gasteiger partial charge in [0.15, 0.2) is 0 Å². The van der Waals surface area contributed by atoms with Crippen molar-refractivity contribution in [2.24, 2.45) is 11.8 Å². The second kappa shape index (κ2) is 9.00. The molecule has 3 aromatic rings. The highest BCUT2D eigenvalue weighted by molar-refractivity contribution is 6.36. The summed E-state index contributed by atoms with van der Waals surface area (Å²) in [6, 6.07) is 24.6. The molecule has 5 nitrogen and oxygen atoms in total. The Labute approximate surface area is 225 Å². The van der Waals surface area contributed by atoms with Gasteiger partial charge in [-0.2, -0.15) is 0 Å². The summed E-state index contributed by atoms with van der Waals surface area (Å²) >= 11 is 14.9. The fourth-order valence-electron chi connectivity index (χ4n) is 6.42. The van der Waals surface area contributed by atoms with Crippen molar-refractivity contribution in [1.29, 1.82) is 0 Å². The second-order valence-corrected chi connectivity index (χ2v) is 11.2. The molecule has 1 saturated heterocycles. The van der Waals surface area contributed by atoms with Crippen molar-refractivity contribution in [2.75, 3.05) is 11.9 Å². The molecular weight excluding hydrogens is 507 g/mol. The summed E-state index contributed by atoms with van der Waals surface area (Å²) in [6.07, 6.45) is 2.37. The van der Waals surface area contributed by atoms with E-state index in [2.05, 4.69) is 5.32 Å². The number of imide groups is 1. The number of hydrogen-bond donors (Lipinski definition) is 1. The van der Waals surface area contributed by atoms with E-state index in [0.717, 1.165) is 27.9 Å². The number of benzene rings is 3. The van der Waals surface area contributed by atoms with Crippen LogP contribution in [-0.2, 0) is 24.1 Å². The molecule has 0 unspecified atom stereocenters. The Hall–Kier alpha value is -3.15. The third kappa shape index (κ3) is 3.48. The number of carbonyl (C=O) groups excluding carboxylic acids is 3. The van der Waals surface area contributed by atoms with E-state index in [4.69, 9.17) is 23.2 Å². The topological polar surface area (TPSA) is 66.5 Å². The molecule has 0 spiro atoms. The van der Waals surface area contributed by atoms with Gasteiger partial charge in [0.25, 0.3) is 0 Å². The number of likely N-dealkylation sites (tertiary alicyclic amines) is 1. The molecule has 0 aromatic heterocycles. The average Bonchev–Trinajstić information content (AvgIpc) is 3.18. The SMILES string of the molecule is O=C(CCCCCN1C(=O)[C@@H]2[C@@H](C1=O)C1(Cl)c3ccccc3C2(Cl)c2ccccc21)Nc1ccccc1. The number of unbranched alkanes of at least 4 members (excludes halogenated alkanes) is 2. The van der Waals surface area contributed by atoms with Crippen molar-refractivity contribution in [1.82, 2.24) is 4.90 Å². The first-order valence-corrected chi connectivity index (χ1v) is 13.4. The highest BCUT2D eigenvalue weighted by atomic mass is 35.5. The summed E-state index contributed by atoms with van der Waals surface area (Å²) in [5.41, 5.74) is 3.99. The second-order valence-electron chi connectivity index (χ2n) is 10.0. The smallest absolute Gasteiger partial charge is 0.235 e. The third-order valence-electron chi connectivity index (χ3n) is 8.02. The van der Waals surface area contributed by atoms with Crippen LogP contribution in [0.25, 0.3) is 0 Å². The third-order valence-corrected chi connectivity index (χ3v) is 9.30. The van der Waals surface area contributed by atoms with Crippen molar-refractivity contribution < 1.29 is 14.4 Å². The van der Waals surface area contributed by atoms with Gasteiger partial charge in [0.05, 0.1) is 11.8 Å². The summed E-state index contributed by atoms with van der Waals surface area (Å²) in [6.45, 7) is 0.289. The molecular formula is C30H26Cl2N2O3. The molecule has 1 N–H and O–H groups in total. The van der Waals surface area contributed by atoms with Crippen LogP contribution >= 0.6 is 23.2 Å². The minimum Gasteiger partial charge on any atom is -0.326 e. The van der Waals surface area contributed by atoms with Crippen molar-refractivity contribution in [3.05, 3.63) is 101 Å². The molecule has 7 rings (SSSR count). The molecule has 3 aromatic carbocycles. The number of alkyl halides is 2. The van der Waals surface area contributed by atoms with Gasteiger partial charge in [0.2, 0.25) is 17.7 Å². The minimum atomic E-state index is -1.15. The molecule has 4 aliphatic rings. The van der Waals surface area contributed by atoms with Crippen LogP contribution in [0.15, 0.2) is 78.9 Å². The summed E-state index contributed by atoms with van der Waals surface area (Å²) in [7, 11) is 0. The van der Waals surface area contributed by atoms with Crippen LogP contribution in [0.5, 0.6) is 0 Å². The van der Waals surface area contributed by atoms with Crippen LogP contribution < -0.4 is 5.32 Å². The number of para-hydroxylation sites is 1. The zero-order valence-electron chi connectivity index (χ0n) is 20.1. The zero-order valence-corrected chi connectivity index (χ0v) is 21.6. The fourth-order valence-corrected chi connectivity index (χ4v) is 7.52. The average molecular weight is 533 g/mol. The predicted octanol–water partition coefficient (Wildman–Crippen LogP) is 5.78. The maximum atomic E-state index is 13.8. The maximum absolute atomic E-state index is 13.8. The number of amides is 3. The summed E-state index contributed by atoms with van der Waals surface area (Å²) < 4.78 is 0. The lowest BCUT2D eigenvalue weighted by Crippen LogP contribution is -2.57. The first-order valence-electron chi connectivity index (χ1n) is 12.7. The standard InChI is InChI=1S/C30H26Cl2N2O3/c31-29-20-13-6-7-14-21(20)30(32,23-16-9-8-15-22(23)29)26-25(29)27(36)34(28(26)37)18-10-2-5-17-24(35)33-19-11-3-1-4-12-19/h1,3-4,6-9,11-16,25-26H,2,5,10,17-18H2,(H,33,35)/t25-,26-,29?,30?/m0/s1. The number of carbonyl (C=O) groups is 3. The Bertz CT molecular complexity index is 1290. The fraction of sp³-hybridized carbons (Fsp3) is 0.300. The Balaban J connectivity index is 1.19. The van der Waals surface area contributed by atoms with Crippen molar-refractivity contribution >= 4 is 46.6 Å². The van der Waals surface area contributed by atoms with Crippen molar-refractivity contribution in [3.63, 3.8) is 0 Å². The molecule has 2 bridgehead atoms. The first kappa shape index (κ1) is 24.2. The van der Waals surface area contributed by atoms with E-state index < -0.39 is 21.6 Å². The highest BCUT2D eigenvalue weighted by Crippen LogP contribution is 2.69. The van der Waals surface area contributed by atoms with Gasteiger partial charge in [-0.25, -0.2) is 0 Å². The van der Waals surface area contributed by atoms with Gasteiger partial charge in [-0.15, -0.1) is 23.2 Å². The van der Waals surface area contributed by atoms with Crippen LogP contribution in [0.1, 0.15) is 47.9 Å². The van der Waals surface area contributed by atoms with E-state index in [-0.39, 0.29) is 24.3 Å². The normalized spacial score (nSPS) is 27.0. The molecule has 2 atom stereocenters. The zero-order chi connectivity index (χ0) is 25.8. The molecule has 1 heterocycles. The number of hydrogen-bond acceptors (Lipinski definition) is 3. The van der Waals surface area contributed by atoms with Crippen molar-refractivity contribution in [2.45, 2.75) is 35.4 Å². The van der Waals surface area contributed by atoms with E-state index in [1.54, 1.807) is 0 Å². The van der Waals surface area contributed by atoms with Crippen LogP contribution in [0.2, 0.25) is 0 Å². The molecule has 1 fully saturated rings. The van der Waals surface area contributed by atoms with Crippen LogP contribution in [0, 0.1) is 11.8 Å². The summed E-state index contributed by atoms with van der Waals surface area (Å²) in [5.74, 6) is -2.10. The van der Waals surface area contributed by atoms with Gasteiger partial charge < -0.3 is 5.32 Å². The quantitative estimate of drug-likeness (QED) is 0.238. The highest BCUT2D eigenvalue weighted by Gasteiger charge is 2.72. The van der Waals surface area contributed by atoms with E-state index >= 15 is 0 Å². The van der Waals surface area contributed by atoms with Gasteiger partial charge in [0, 0.05) is 18.7 Å². The van der Waals surface area contributed by atoms with Gasteiger partial charge in [0.1, 0.15) is 9.75 Å². The lowest BCUT2D eigenvalue weighted by atomic mass is 9.54. The number of nitrogens with one attached hydrogen (secondary N) is 1. The number of anilines is 1. The summed E-state index contributed by atoms with van der Waals surface area (Å²) in [5, 5.41) is 2.88. The number of nitrogens with zero attached hydrogens (tertiary/aromatic N) is 1. The molecule has 3 amide bonds. The van der Waals surface area contributed by atoms with Gasteiger partial charge in [-0.1, -0.05) is 73.2 Å². The van der Waals surface area contributed by atoms with E-state index in [9.17, 15) is 14.4 Å². The molecule has 0 saturated carbocycles. The van der Waals surface area contributed by atoms with E-state index in [0.29, 0.717) is 25.7 Å². The van der Waals surface area contributed by atoms with Crippen molar-refractivity contribution in [3.8, 4) is 0 Å². The summed E-state index contributed by atoms with van der Waals surface area (Å²) in [4.78, 5) is 38.8. The molecule has 37 heavy (non-hydrogen) atoms. The van der Waals surface area contributed by atoms with Gasteiger partial charge in [-0.3, -0.25) is 19.3 Å². The lowest BCUT2D eigenvalue weighted by molar-refractivity contribution is -0.140. The monoisotopic (exact) mass is 532 g/mol. The first-order chi connectivity index (χ1) is 17.9. The Morgan fingerprint density at radius 2 is 1.16 bits per heavy atom. The predicted molar refractivity (Wildman–Crippen MR) is 143 cm³/mol. The molecule has 7 heteroatoms. The minimum absolute atomic E-state index is 0.0502. The van der Waals surface area contributed by atoms with Gasteiger partial charge in [-0.05, 0) is 47.2 Å². The van der Waals surface area contributed by atoms with Gasteiger partial charge >= 0.3 is 0 Å². The lowest BCUT2D eigenvalue weighted by Gasteiger charge is -2.54. The maximum Gasteiger partial charge on any atom is 0.235 e. The molecule has 0 radical (unpaired) electrons. The molecule has 3 aliphatic carbocycles. The van der Waals surface area contributed by atoms with E-state index in [1.807, 2.05) is 78.9 Å². The Morgan fingerprint density at radius 1 is 0.703 bits per heavy atom. The molecule has 188 valence electrons. The van der Waals surface area contributed by atoms with Crippen LogP contribution in [-0.4, -0.2) is 29.2 Å².